The van der Waals surface area contributed by atoms with Crippen LogP contribution >= 0.6 is 0 Å². The van der Waals surface area contributed by atoms with E-state index >= 15 is 0 Å². The Morgan fingerprint density at radius 3 is 2.28 bits per heavy atom. The van der Waals surface area contributed by atoms with Crippen LogP contribution in [-0.2, 0) is 21.4 Å². The zero-order valence-electron chi connectivity index (χ0n) is 18.4. The first kappa shape index (κ1) is 22.2. The van der Waals surface area contributed by atoms with Gasteiger partial charge in [0.1, 0.15) is 6.54 Å². The second-order valence-electron chi connectivity index (χ2n) is 8.18. The normalized spacial score (nSPS) is 15.3. The summed E-state index contributed by atoms with van der Waals surface area (Å²) < 4.78 is 29.4. The molecule has 2 heterocycles. The van der Waals surface area contributed by atoms with Gasteiger partial charge in [-0.25, -0.2) is 13.4 Å². The number of aromatic nitrogens is 2. The molecule has 3 aromatic rings. The largest absolute Gasteiger partial charge is 0.338 e. The number of piperazine rings is 1. The molecule has 8 nitrogen and oxygen atoms in total. The summed E-state index contributed by atoms with van der Waals surface area (Å²) in [6.45, 7) is 6.44. The van der Waals surface area contributed by atoms with E-state index in [0.717, 1.165) is 16.7 Å². The standard InChI is InChI=1S/C23H26N4O4S/c1-16-12-17(2)23(18(3)13-16)32(30,31)26-10-8-25(9-11-26)22(29)15-27-20-7-5-4-6-19(20)24-14-21(27)28/h4-7,12-14H,8-11,15H2,1-3H3. The van der Waals surface area contributed by atoms with Crippen molar-refractivity contribution in [3.8, 4) is 0 Å². The maximum Gasteiger partial charge on any atom is 0.269 e. The van der Waals surface area contributed by atoms with Crippen LogP contribution in [0.5, 0.6) is 0 Å². The summed E-state index contributed by atoms with van der Waals surface area (Å²) in [5.41, 5.74) is 3.37. The number of amides is 1. The van der Waals surface area contributed by atoms with Crippen LogP contribution in [0.2, 0.25) is 0 Å². The van der Waals surface area contributed by atoms with E-state index in [9.17, 15) is 18.0 Å². The predicted molar refractivity (Wildman–Crippen MR) is 122 cm³/mol. The van der Waals surface area contributed by atoms with Gasteiger partial charge in [0.2, 0.25) is 15.9 Å². The number of para-hydroxylation sites is 2. The highest BCUT2D eigenvalue weighted by atomic mass is 32.2. The minimum absolute atomic E-state index is 0.106. The Hall–Kier alpha value is -3.04. The minimum atomic E-state index is -3.65. The summed E-state index contributed by atoms with van der Waals surface area (Å²) in [5, 5.41) is 0. The molecule has 0 bridgehead atoms. The quantitative estimate of drug-likeness (QED) is 0.600. The Labute approximate surface area is 187 Å². The zero-order valence-corrected chi connectivity index (χ0v) is 19.2. The van der Waals surface area contributed by atoms with Crippen LogP contribution in [0.1, 0.15) is 16.7 Å². The number of fused-ring (bicyclic) bond motifs is 1. The van der Waals surface area contributed by atoms with Crippen molar-refractivity contribution in [3.05, 3.63) is 69.6 Å². The topological polar surface area (TPSA) is 92.6 Å². The van der Waals surface area contributed by atoms with Gasteiger partial charge < -0.3 is 4.90 Å². The molecule has 32 heavy (non-hydrogen) atoms. The number of carbonyl (C=O) groups is 1. The molecule has 1 amide bonds. The fourth-order valence-corrected chi connectivity index (χ4v) is 6.23. The van der Waals surface area contributed by atoms with Crippen LogP contribution in [0.15, 0.2) is 52.3 Å². The van der Waals surface area contributed by atoms with Gasteiger partial charge in [0, 0.05) is 26.2 Å². The van der Waals surface area contributed by atoms with Crippen molar-refractivity contribution in [2.24, 2.45) is 0 Å². The van der Waals surface area contributed by atoms with Crippen molar-refractivity contribution in [2.45, 2.75) is 32.2 Å². The molecule has 2 aromatic carbocycles. The van der Waals surface area contributed by atoms with Gasteiger partial charge in [0.25, 0.3) is 5.56 Å². The summed E-state index contributed by atoms with van der Waals surface area (Å²) in [6.07, 6.45) is 1.21. The fraction of sp³-hybridized carbons (Fsp3) is 0.348. The molecule has 4 rings (SSSR count). The molecule has 0 saturated carbocycles. The zero-order chi connectivity index (χ0) is 23.0. The maximum atomic E-state index is 13.3. The molecular formula is C23H26N4O4S. The van der Waals surface area contributed by atoms with Crippen LogP contribution in [-0.4, -0.2) is 59.3 Å². The van der Waals surface area contributed by atoms with E-state index in [1.54, 1.807) is 23.1 Å². The van der Waals surface area contributed by atoms with Crippen LogP contribution in [0, 0.1) is 20.8 Å². The summed E-state index contributed by atoms with van der Waals surface area (Å²) in [6, 6.07) is 10.9. The summed E-state index contributed by atoms with van der Waals surface area (Å²) in [5.74, 6) is -0.219. The average molecular weight is 455 g/mol. The van der Waals surface area contributed by atoms with E-state index < -0.39 is 10.0 Å². The van der Waals surface area contributed by atoms with E-state index in [2.05, 4.69) is 4.98 Å². The molecule has 9 heteroatoms. The van der Waals surface area contributed by atoms with Gasteiger partial charge >= 0.3 is 0 Å². The van der Waals surface area contributed by atoms with Crippen LogP contribution in [0.3, 0.4) is 0 Å². The van der Waals surface area contributed by atoms with E-state index in [1.807, 2.05) is 39.0 Å². The molecule has 0 N–H and O–H groups in total. The van der Waals surface area contributed by atoms with E-state index in [-0.39, 0.29) is 44.2 Å². The number of carbonyl (C=O) groups excluding carboxylic acids is 1. The molecule has 1 aliphatic rings. The molecule has 1 aromatic heterocycles. The summed E-state index contributed by atoms with van der Waals surface area (Å²) >= 11 is 0. The van der Waals surface area contributed by atoms with Crippen LogP contribution < -0.4 is 5.56 Å². The molecule has 0 spiro atoms. The van der Waals surface area contributed by atoms with E-state index in [1.165, 1.54) is 15.1 Å². The van der Waals surface area contributed by atoms with E-state index in [4.69, 9.17) is 0 Å². The lowest BCUT2D eigenvalue weighted by molar-refractivity contribution is -0.133. The molecular weight excluding hydrogens is 428 g/mol. The SMILES string of the molecule is Cc1cc(C)c(S(=O)(=O)N2CCN(C(=O)Cn3c(=O)cnc4ccccc43)CC2)c(C)c1. The van der Waals surface area contributed by atoms with Crippen LogP contribution in [0.4, 0.5) is 0 Å². The highest BCUT2D eigenvalue weighted by Crippen LogP contribution is 2.26. The molecule has 1 fully saturated rings. The number of hydrogen-bond donors (Lipinski definition) is 0. The Morgan fingerprint density at radius 1 is 1.00 bits per heavy atom. The van der Waals surface area contributed by atoms with Crippen molar-refractivity contribution in [3.63, 3.8) is 0 Å². The second-order valence-corrected chi connectivity index (χ2v) is 10.1. The van der Waals surface area contributed by atoms with Crippen molar-refractivity contribution >= 4 is 27.0 Å². The molecule has 168 valence electrons. The first-order valence-electron chi connectivity index (χ1n) is 10.5. The monoisotopic (exact) mass is 454 g/mol. The number of aryl methyl sites for hydroxylation is 3. The van der Waals surface area contributed by atoms with Gasteiger partial charge in [-0.15, -0.1) is 0 Å². The van der Waals surface area contributed by atoms with Gasteiger partial charge in [-0.1, -0.05) is 29.8 Å². The van der Waals surface area contributed by atoms with Crippen molar-refractivity contribution in [2.75, 3.05) is 26.2 Å². The number of rotatable bonds is 4. The number of hydrogen-bond acceptors (Lipinski definition) is 5. The third-order valence-corrected chi connectivity index (χ3v) is 8.04. The third kappa shape index (κ3) is 4.05. The Bertz CT molecular complexity index is 1330. The predicted octanol–water partition coefficient (Wildman–Crippen LogP) is 1.85. The number of sulfonamides is 1. The van der Waals surface area contributed by atoms with Crippen molar-refractivity contribution in [1.82, 2.24) is 18.8 Å². The fourth-order valence-electron chi connectivity index (χ4n) is 4.39. The first-order valence-corrected chi connectivity index (χ1v) is 11.9. The maximum absolute atomic E-state index is 13.3. The molecule has 1 saturated heterocycles. The van der Waals surface area contributed by atoms with Crippen LogP contribution in [0.25, 0.3) is 11.0 Å². The molecule has 1 aliphatic heterocycles. The lowest BCUT2D eigenvalue weighted by atomic mass is 10.1. The highest BCUT2D eigenvalue weighted by molar-refractivity contribution is 7.89. The molecule has 0 aliphatic carbocycles. The summed E-state index contributed by atoms with van der Waals surface area (Å²) in [4.78, 5) is 31.3. The Balaban J connectivity index is 1.49. The minimum Gasteiger partial charge on any atom is -0.338 e. The van der Waals surface area contributed by atoms with Gasteiger partial charge in [0.15, 0.2) is 0 Å². The smallest absolute Gasteiger partial charge is 0.269 e. The Morgan fingerprint density at radius 2 is 1.62 bits per heavy atom. The van der Waals surface area contributed by atoms with Gasteiger partial charge in [-0.05, 0) is 44.0 Å². The highest BCUT2D eigenvalue weighted by Gasteiger charge is 2.32. The van der Waals surface area contributed by atoms with E-state index in [0.29, 0.717) is 15.9 Å². The first-order chi connectivity index (χ1) is 15.2. The number of nitrogens with zero attached hydrogens (tertiary/aromatic N) is 4. The van der Waals surface area contributed by atoms with Crippen molar-refractivity contribution in [1.29, 1.82) is 0 Å². The van der Waals surface area contributed by atoms with Gasteiger partial charge in [0.05, 0.1) is 22.1 Å². The molecule has 0 atom stereocenters. The van der Waals surface area contributed by atoms with Gasteiger partial charge in [-0.3, -0.25) is 14.2 Å². The van der Waals surface area contributed by atoms with Gasteiger partial charge in [-0.2, -0.15) is 4.31 Å². The lowest BCUT2D eigenvalue weighted by Crippen LogP contribution is -2.51. The second kappa shape index (κ2) is 8.48. The van der Waals surface area contributed by atoms with Crippen molar-refractivity contribution < 1.29 is 13.2 Å². The summed E-state index contributed by atoms with van der Waals surface area (Å²) in [7, 11) is -3.65. The molecule has 0 radical (unpaired) electrons. The number of benzene rings is 2. The third-order valence-electron chi connectivity index (χ3n) is 5.84. The average Bonchev–Trinajstić information content (AvgIpc) is 2.75. The Kier molecular flexibility index (Phi) is 5.87. The molecule has 0 unspecified atom stereocenters. The lowest BCUT2D eigenvalue weighted by Gasteiger charge is -2.34.